The highest BCUT2D eigenvalue weighted by atomic mass is 16.2. The molecule has 0 aromatic carbocycles. The van der Waals surface area contributed by atoms with Crippen LogP contribution in [-0.2, 0) is 4.79 Å². The Balaban J connectivity index is 0.000000492. The zero-order chi connectivity index (χ0) is 13.6. The standard InChI is InChI=1S/C12H22N2O.C3H8/c1-9-4-3-5-10(8-9)11(15)14-12(2)6-7-13-12;1-3-2/h9-10,13H,3-8H2,1-2H3,(H,14,15);3H2,1-2H3. The molecule has 1 amide bonds. The third-order valence-corrected chi connectivity index (χ3v) is 3.85. The summed E-state index contributed by atoms with van der Waals surface area (Å²) in [6, 6.07) is 0. The molecule has 18 heavy (non-hydrogen) atoms. The van der Waals surface area contributed by atoms with E-state index >= 15 is 0 Å². The molecular weight excluding hydrogens is 224 g/mol. The lowest BCUT2D eigenvalue weighted by molar-refractivity contribution is -0.129. The summed E-state index contributed by atoms with van der Waals surface area (Å²) in [5, 5.41) is 6.40. The van der Waals surface area contributed by atoms with Crippen molar-refractivity contribution in [3.63, 3.8) is 0 Å². The maximum atomic E-state index is 12.0. The first-order valence-corrected chi connectivity index (χ1v) is 7.57. The lowest BCUT2D eigenvalue weighted by Gasteiger charge is -2.42. The van der Waals surface area contributed by atoms with Gasteiger partial charge in [0.05, 0.1) is 5.66 Å². The number of nitrogens with one attached hydrogen (secondary N) is 2. The molecule has 3 nitrogen and oxygen atoms in total. The van der Waals surface area contributed by atoms with Crippen molar-refractivity contribution < 1.29 is 4.79 Å². The molecule has 0 aromatic heterocycles. The van der Waals surface area contributed by atoms with E-state index in [0.29, 0.717) is 0 Å². The van der Waals surface area contributed by atoms with Crippen LogP contribution in [0.25, 0.3) is 0 Å². The van der Waals surface area contributed by atoms with Crippen LogP contribution in [0.5, 0.6) is 0 Å². The van der Waals surface area contributed by atoms with Crippen LogP contribution in [-0.4, -0.2) is 18.1 Å². The Bertz CT molecular complexity index is 261. The molecule has 1 saturated heterocycles. The Morgan fingerprint density at radius 3 is 2.44 bits per heavy atom. The Hall–Kier alpha value is -0.570. The second-order valence-corrected chi connectivity index (χ2v) is 6.17. The van der Waals surface area contributed by atoms with Gasteiger partial charge in [0, 0.05) is 12.5 Å². The molecule has 3 atom stereocenters. The molecule has 106 valence electrons. The maximum Gasteiger partial charge on any atom is 0.224 e. The third-order valence-electron chi connectivity index (χ3n) is 3.85. The quantitative estimate of drug-likeness (QED) is 0.795. The summed E-state index contributed by atoms with van der Waals surface area (Å²) in [4.78, 5) is 12.0. The fourth-order valence-corrected chi connectivity index (χ4v) is 2.65. The highest BCUT2D eigenvalue weighted by Crippen LogP contribution is 2.29. The molecule has 1 heterocycles. The van der Waals surface area contributed by atoms with E-state index in [1.807, 2.05) is 0 Å². The van der Waals surface area contributed by atoms with Crippen LogP contribution in [0.2, 0.25) is 0 Å². The molecule has 2 aliphatic rings. The Labute approximate surface area is 112 Å². The van der Waals surface area contributed by atoms with Gasteiger partial charge in [0.2, 0.25) is 5.91 Å². The van der Waals surface area contributed by atoms with Crippen molar-refractivity contribution in [1.29, 1.82) is 0 Å². The minimum absolute atomic E-state index is 0.113. The van der Waals surface area contributed by atoms with Crippen molar-refractivity contribution in [1.82, 2.24) is 10.6 Å². The van der Waals surface area contributed by atoms with Crippen molar-refractivity contribution in [3.05, 3.63) is 0 Å². The van der Waals surface area contributed by atoms with Crippen molar-refractivity contribution in [2.45, 2.75) is 71.9 Å². The van der Waals surface area contributed by atoms with E-state index in [4.69, 9.17) is 0 Å². The number of hydrogen-bond donors (Lipinski definition) is 2. The molecule has 0 aromatic rings. The van der Waals surface area contributed by atoms with E-state index in [9.17, 15) is 4.79 Å². The summed E-state index contributed by atoms with van der Waals surface area (Å²) < 4.78 is 0. The van der Waals surface area contributed by atoms with E-state index < -0.39 is 0 Å². The first-order valence-electron chi connectivity index (χ1n) is 7.57. The van der Waals surface area contributed by atoms with Crippen LogP contribution in [0.15, 0.2) is 0 Å². The maximum absolute atomic E-state index is 12.0. The number of carbonyl (C=O) groups is 1. The smallest absolute Gasteiger partial charge is 0.224 e. The molecule has 2 fully saturated rings. The summed E-state index contributed by atoms with van der Waals surface area (Å²) in [6.07, 6.45) is 6.96. The highest BCUT2D eigenvalue weighted by Gasteiger charge is 2.35. The summed E-state index contributed by atoms with van der Waals surface area (Å²) in [5.74, 6) is 1.24. The van der Waals surface area contributed by atoms with Gasteiger partial charge in [-0.05, 0) is 32.1 Å². The molecule has 1 aliphatic heterocycles. The lowest BCUT2D eigenvalue weighted by atomic mass is 9.81. The molecule has 0 bridgehead atoms. The summed E-state index contributed by atoms with van der Waals surface area (Å²) >= 11 is 0. The second kappa shape index (κ2) is 7.13. The molecule has 1 aliphatic carbocycles. The van der Waals surface area contributed by atoms with E-state index in [2.05, 4.69) is 38.3 Å². The highest BCUT2D eigenvalue weighted by molar-refractivity contribution is 5.79. The zero-order valence-corrected chi connectivity index (χ0v) is 12.5. The lowest BCUT2D eigenvalue weighted by Crippen LogP contribution is -2.66. The minimum Gasteiger partial charge on any atom is -0.338 e. The molecular formula is C15H30N2O. The van der Waals surface area contributed by atoms with Crippen molar-refractivity contribution >= 4 is 5.91 Å². The minimum atomic E-state index is -0.113. The largest absolute Gasteiger partial charge is 0.338 e. The molecule has 3 unspecified atom stereocenters. The van der Waals surface area contributed by atoms with Gasteiger partial charge in [0.1, 0.15) is 0 Å². The monoisotopic (exact) mass is 254 g/mol. The van der Waals surface area contributed by atoms with Crippen LogP contribution >= 0.6 is 0 Å². The normalized spacial score (nSPS) is 34.9. The van der Waals surface area contributed by atoms with Gasteiger partial charge >= 0.3 is 0 Å². The van der Waals surface area contributed by atoms with Crippen molar-refractivity contribution in [3.8, 4) is 0 Å². The predicted octanol–water partition coefficient (Wildman–Crippen LogP) is 3.05. The predicted molar refractivity (Wildman–Crippen MR) is 76.3 cm³/mol. The van der Waals surface area contributed by atoms with E-state index in [-0.39, 0.29) is 17.5 Å². The average molecular weight is 254 g/mol. The fourth-order valence-electron chi connectivity index (χ4n) is 2.65. The van der Waals surface area contributed by atoms with Gasteiger partial charge < -0.3 is 5.32 Å². The fraction of sp³-hybridized carbons (Fsp3) is 0.933. The van der Waals surface area contributed by atoms with Gasteiger partial charge in [-0.2, -0.15) is 0 Å². The zero-order valence-electron chi connectivity index (χ0n) is 12.5. The van der Waals surface area contributed by atoms with Gasteiger partial charge in [-0.1, -0.05) is 40.0 Å². The van der Waals surface area contributed by atoms with Crippen LogP contribution < -0.4 is 10.6 Å². The SMILES string of the molecule is CC1CCCC(C(=O)NC2(C)CCN2)C1.CCC. The molecule has 0 radical (unpaired) electrons. The summed E-state index contributed by atoms with van der Waals surface area (Å²) in [6.45, 7) is 9.60. The number of rotatable bonds is 2. The summed E-state index contributed by atoms with van der Waals surface area (Å²) in [7, 11) is 0. The molecule has 0 spiro atoms. The van der Waals surface area contributed by atoms with Crippen LogP contribution in [0.3, 0.4) is 0 Å². The van der Waals surface area contributed by atoms with Crippen LogP contribution in [0.1, 0.15) is 66.2 Å². The Morgan fingerprint density at radius 2 is 2.00 bits per heavy atom. The topological polar surface area (TPSA) is 41.1 Å². The van der Waals surface area contributed by atoms with Crippen LogP contribution in [0, 0.1) is 11.8 Å². The van der Waals surface area contributed by atoms with Gasteiger partial charge in [0.15, 0.2) is 0 Å². The van der Waals surface area contributed by atoms with E-state index in [0.717, 1.165) is 31.7 Å². The molecule has 3 heteroatoms. The number of carbonyl (C=O) groups excluding carboxylic acids is 1. The van der Waals surface area contributed by atoms with E-state index in [1.165, 1.54) is 19.3 Å². The molecule has 2 rings (SSSR count). The van der Waals surface area contributed by atoms with Crippen molar-refractivity contribution in [2.75, 3.05) is 6.54 Å². The summed E-state index contributed by atoms with van der Waals surface area (Å²) in [5.41, 5.74) is -0.113. The Kier molecular flexibility index (Phi) is 6.13. The van der Waals surface area contributed by atoms with E-state index in [1.54, 1.807) is 0 Å². The molecule has 2 N–H and O–H groups in total. The van der Waals surface area contributed by atoms with Crippen LogP contribution in [0.4, 0.5) is 0 Å². The van der Waals surface area contributed by atoms with Gasteiger partial charge in [-0.25, -0.2) is 0 Å². The molecule has 1 saturated carbocycles. The third kappa shape index (κ3) is 4.60. The van der Waals surface area contributed by atoms with Crippen molar-refractivity contribution in [2.24, 2.45) is 11.8 Å². The first kappa shape index (κ1) is 15.5. The number of amides is 1. The van der Waals surface area contributed by atoms with Gasteiger partial charge in [-0.3, -0.25) is 10.1 Å². The average Bonchev–Trinajstić information content (AvgIpc) is 2.28. The van der Waals surface area contributed by atoms with Gasteiger partial charge in [-0.15, -0.1) is 0 Å². The second-order valence-electron chi connectivity index (χ2n) is 6.17. The number of hydrogen-bond acceptors (Lipinski definition) is 2. The first-order chi connectivity index (χ1) is 8.50. The van der Waals surface area contributed by atoms with Gasteiger partial charge in [0.25, 0.3) is 0 Å². The Morgan fingerprint density at radius 1 is 1.39 bits per heavy atom.